The molecule has 1 fully saturated rings. The molecule has 0 amide bonds. The molecule has 1 heterocycles. The molecule has 0 N–H and O–H groups in total. The molecule has 1 rings (SSSR count). The Morgan fingerprint density at radius 3 is 2.38 bits per heavy atom. The van der Waals surface area contributed by atoms with Crippen molar-refractivity contribution in [1.82, 2.24) is 0 Å². The smallest absolute Gasteiger partial charge is 0.264 e. The summed E-state index contributed by atoms with van der Waals surface area (Å²) in [6, 6.07) is 0. The first-order valence-electron chi connectivity index (χ1n) is 4.84. The summed E-state index contributed by atoms with van der Waals surface area (Å²) in [5, 5.41) is 0. The monoisotopic (exact) mass is 252 g/mol. The van der Waals surface area contributed by atoms with Gasteiger partial charge in [-0.05, 0) is 20.8 Å². The minimum atomic E-state index is -3.58. The number of rotatable bonds is 4. The lowest BCUT2D eigenvalue weighted by Crippen LogP contribution is -2.37. The van der Waals surface area contributed by atoms with Crippen LogP contribution in [0.15, 0.2) is 0 Å². The molecule has 0 spiro atoms. The number of ether oxygens (including phenoxy) is 2. The van der Waals surface area contributed by atoms with E-state index in [0.29, 0.717) is 6.29 Å². The van der Waals surface area contributed by atoms with Crippen LogP contribution in [0.2, 0.25) is 0 Å². The second kappa shape index (κ2) is 4.40. The van der Waals surface area contributed by atoms with Crippen LogP contribution in [0, 0.1) is 0 Å². The van der Waals surface area contributed by atoms with Crippen LogP contribution in [0.1, 0.15) is 20.8 Å². The summed E-state index contributed by atoms with van der Waals surface area (Å²) < 4.78 is 37.3. The standard InChI is InChI=1S/C9H16O6S/c1-6(15-16(4,11)12)8-7(5-10)13-9(2,3)14-8/h5-8H,1-4H3/t6-,7?,8-/m1/s1. The van der Waals surface area contributed by atoms with Crippen molar-refractivity contribution in [2.75, 3.05) is 6.26 Å². The van der Waals surface area contributed by atoms with Crippen LogP contribution in [0.5, 0.6) is 0 Å². The van der Waals surface area contributed by atoms with Gasteiger partial charge in [-0.2, -0.15) is 8.42 Å². The molecule has 1 aliphatic rings. The van der Waals surface area contributed by atoms with E-state index in [4.69, 9.17) is 13.7 Å². The van der Waals surface area contributed by atoms with E-state index in [1.807, 2.05) is 0 Å². The zero-order valence-corrected chi connectivity index (χ0v) is 10.5. The molecule has 6 nitrogen and oxygen atoms in total. The van der Waals surface area contributed by atoms with Crippen molar-refractivity contribution in [2.45, 2.75) is 44.9 Å². The zero-order valence-electron chi connectivity index (χ0n) is 9.67. The van der Waals surface area contributed by atoms with Gasteiger partial charge in [0.25, 0.3) is 10.1 Å². The lowest BCUT2D eigenvalue weighted by atomic mass is 10.1. The first-order valence-corrected chi connectivity index (χ1v) is 6.65. The van der Waals surface area contributed by atoms with Crippen molar-refractivity contribution in [3.8, 4) is 0 Å². The van der Waals surface area contributed by atoms with Gasteiger partial charge in [0.2, 0.25) is 0 Å². The molecule has 0 aromatic heterocycles. The summed E-state index contributed by atoms with van der Waals surface area (Å²) in [5.74, 6) is -0.911. The molecule has 0 aliphatic carbocycles. The van der Waals surface area contributed by atoms with E-state index in [1.54, 1.807) is 13.8 Å². The minimum absolute atomic E-state index is 0.585. The maximum Gasteiger partial charge on any atom is 0.264 e. The van der Waals surface area contributed by atoms with Crippen LogP contribution in [0.3, 0.4) is 0 Å². The van der Waals surface area contributed by atoms with Crippen molar-refractivity contribution in [3.63, 3.8) is 0 Å². The topological polar surface area (TPSA) is 78.9 Å². The van der Waals surface area contributed by atoms with Crippen molar-refractivity contribution < 1.29 is 26.9 Å². The summed E-state index contributed by atoms with van der Waals surface area (Å²) in [5.41, 5.74) is 0. The third-order valence-corrected chi connectivity index (χ3v) is 2.74. The van der Waals surface area contributed by atoms with Gasteiger partial charge in [-0.1, -0.05) is 0 Å². The Morgan fingerprint density at radius 1 is 1.38 bits per heavy atom. The maximum atomic E-state index is 10.9. The molecule has 0 aromatic carbocycles. The Bertz CT molecular complexity index is 360. The van der Waals surface area contributed by atoms with E-state index in [1.165, 1.54) is 6.92 Å². The van der Waals surface area contributed by atoms with Gasteiger partial charge in [-0.25, -0.2) is 0 Å². The molecule has 16 heavy (non-hydrogen) atoms. The zero-order chi connectivity index (χ0) is 12.6. The third kappa shape index (κ3) is 3.51. The molecule has 94 valence electrons. The van der Waals surface area contributed by atoms with Crippen LogP contribution in [-0.4, -0.2) is 45.1 Å². The highest BCUT2D eigenvalue weighted by atomic mass is 32.2. The van der Waals surface area contributed by atoms with E-state index < -0.39 is 34.2 Å². The second-order valence-corrected chi connectivity index (χ2v) is 5.81. The summed E-state index contributed by atoms with van der Waals surface area (Å²) in [6.07, 6.45) is -0.775. The quantitative estimate of drug-likeness (QED) is 0.520. The number of carbonyl (C=O) groups is 1. The minimum Gasteiger partial charge on any atom is -0.341 e. The van der Waals surface area contributed by atoms with Crippen molar-refractivity contribution in [1.29, 1.82) is 0 Å². The highest BCUT2D eigenvalue weighted by Gasteiger charge is 2.45. The summed E-state index contributed by atoms with van der Waals surface area (Å²) in [6.45, 7) is 4.82. The molecule has 3 atom stereocenters. The molecule has 0 bridgehead atoms. The molecule has 1 saturated heterocycles. The van der Waals surface area contributed by atoms with E-state index >= 15 is 0 Å². The Labute approximate surface area is 95.0 Å². The fraction of sp³-hybridized carbons (Fsp3) is 0.889. The van der Waals surface area contributed by atoms with E-state index in [2.05, 4.69) is 0 Å². The maximum absolute atomic E-state index is 10.9. The third-order valence-electron chi connectivity index (χ3n) is 2.09. The van der Waals surface area contributed by atoms with Crippen LogP contribution < -0.4 is 0 Å². The van der Waals surface area contributed by atoms with Gasteiger partial charge >= 0.3 is 0 Å². The van der Waals surface area contributed by atoms with E-state index in [9.17, 15) is 13.2 Å². The van der Waals surface area contributed by atoms with E-state index in [-0.39, 0.29) is 0 Å². The first kappa shape index (κ1) is 13.6. The average Bonchev–Trinajstić information content (AvgIpc) is 2.38. The van der Waals surface area contributed by atoms with Gasteiger partial charge in [-0.3, -0.25) is 4.18 Å². The van der Waals surface area contributed by atoms with Crippen LogP contribution >= 0.6 is 0 Å². The number of aldehydes is 1. The number of hydrogen-bond acceptors (Lipinski definition) is 6. The first-order chi connectivity index (χ1) is 7.14. The number of carbonyl (C=O) groups excluding carboxylic acids is 1. The fourth-order valence-electron chi connectivity index (χ4n) is 1.62. The molecular weight excluding hydrogens is 236 g/mol. The average molecular weight is 252 g/mol. The molecule has 0 saturated carbocycles. The Hall–Kier alpha value is -0.500. The summed E-state index contributed by atoms with van der Waals surface area (Å²) in [7, 11) is -3.58. The van der Waals surface area contributed by atoms with Gasteiger partial charge in [0.05, 0.1) is 6.26 Å². The normalized spacial score (nSPS) is 31.2. The van der Waals surface area contributed by atoms with Gasteiger partial charge in [0.15, 0.2) is 12.1 Å². The van der Waals surface area contributed by atoms with Crippen molar-refractivity contribution >= 4 is 16.4 Å². The largest absolute Gasteiger partial charge is 0.341 e. The molecule has 0 radical (unpaired) electrons. The molecule has 0 aromatic rings. The lowest BCUT2D eigenvalue weighted by molar-refractivity contribution is -0.154. The molecule has 1 aliphatic heterocycles. The van der Waals surface area contributed by atoms with Gasteiger partial charge in [0, 0.05) is 0 Å². The molecule has 1 unspecified atom stereocenters. The van der Waals surface area contributed by atoms with Gasteiger partial charge in [-0.15, -0.1) is 0 Å². The van der Waals surface area contributed by atoms with E-state index in [0.717, 1.165) is 6.26 Å². The summed E-state index contributed by atoms with van der Waals surface area (Å²) in [4.78, 5) is 10.8. The lowest BCUT2D eigenvalue weighted by Gasteiger charge is -2.20. The predicted octanol–water partition coefficient (Wildman–Crippen LogP) is 0.0701. The Balaban J connectivity index is 2.76. The van der Waals surface area contributed by atoms with Crippen molar-refractivity contribution in [2.24, 2.45) is 0 Å². The number of hydrogen-bond donors (Lipinski definition) is 0. The Morgan fingerprint density at radius 2 is 1.94 bits per heavy atom. The Kier molecular flexibility index (Phi) is 3.73. The fourth-order valence-corrected chi connectivity index (χ4v) is 2.28. The van der Waals surface area contributed by atoms with Crippen LogP contribution in [-0.2, 0) is 28.6 Å². The highest BCUT2D eigenvalue weighted by Crippen LogP contribution is 2.30. The summed E-state index contributed by atoms with van der Waals surface area (Å²) >= 11 is 0. The molecule has 7 heteroatoms. The van der Waals surface area contributed by atoms with Gasteiger partial charge < -0.3 is 14.3 Å². The second-order valence-electron chi connectivity index (χ2n) is 4.21. The van der Waals surface area contributed by atoms with Crippen LogP contribution in [0.4, 0.5) is 0 Å². The SMILES string of the molecule is C[C@@H](OS(C)(=O)=O)[C@H]1OC(C)(C)OC1C=O. The highest BCUT2D eigenvalue weighted by molar-refractivity contribution is 7.86. The molecular formula is C9H16O6S. The predicted molar refractivity (Wildman–Crippen MR) is 55.3 cm³/mol. The van der Waals surface area contributed by atoms with Gasteiger partial charge in [0.1, 0.15) is 18.3 Å². The van der Waals surface area contributed by atoms with Crippen LogP contribution in [0.25, 0.3) is 0 Å². The van der Waals surface area contributed by atoms with Crippen molar-refractivity contribution in [3.05, 3.63) is 0 Å².